The highest BCUT2D eigenvalue weighted by Gasteiger charge is 2.22. The molecule has 1 aromatic carbocycles. The lowest BCUT2D eigenvalue weighted by molar-refractivity contribution is -0.114. The lowest BCUT2D eigenvalue weighted by Crippen LogP contribution is -2.40. The number of aromatic amines is 1. The number of rotatable bonds is 8. The fraction of sp³-hybridized carbons (Fsp3) is 0.333. The highest BCUT2D eigenvalue weighted by Crippen LogP contribution is 2.21. The predicted molar refractivity (Wildman–Crippen MR) is 131 cm³/mol. The topological polar surface area (TPSA) is 119 Å². The Balaban J connectivity index is 1.95. The maximum absolute atomic E-state index is 13.3. The molecule has 10 heteroatoms. The second kappa shape index (κ2) is 10.3. The monoisotopic (exact) mass is 468 g/mol. The van der Waals surface area contributed by atoms with Crippen LogP contribution in [0.3, 0.4) is 0 Å². The van der Waals surface area contributed by atoms with Crippen molar-refractivity contribution in [2.45, 2.75) is 47.1 Å². The molecular weight excluding hydrogens is 439 g/mol. The molecule has 2 heterocycles. The van der Waals surface area contributed by atoms with Gasteiger partial charge in [-0.05, 0) is 57.5 Å². The summed E-state index contributed by atoms with van der Waals surface area (Å²) in [6, 6.07) is 5.95. The van der Waals surface area contributed by atoms with Crippen LogP contribution >= 0.6 is 0 Å². The van der Waals surface area contributed by atoms with E-state index in [1.807, 2.05) is 13.8 Å². The van der Waals surface area contributed by atoms with Crippen LogP contribution in [-0.2, 0) is 11.3 Å². The summed E-state index contributed by atoms with van der Waals surface area (Å²) in [7, 11) is 0. The molecule has 0 aliphatic carbocycles. The minimum atomic E-state index is -0.713. The van der Waals surface area contributed by atoms with E-state index >= 15 is 0 Å². The van der Waals surface area contributed by atoms with Crippen LogP contribution in [0.5, 0.6) is 0 Å². The number of hydrogen-bond acceptors (Lipinski definition) is 5. The van der Waals surface area contributed by atoms with Gasteiger partial charge in [0.2, 0.25) is 0 Å². The molecule has 3 N–H and O–H groups in total. The molecule has 0 saturated heterocycles. The van der Waals surface area contributed by atoms with Crippen LogP contribution in [-0.4, -0.2) is 31.8 Å². The second-order valence-electron chi connectivity index (χ2n) is 7.89. The summed E-state index contributed by atoms with van der Waals surface area (Å²) in [6.45, 7) is 7.86. The molecule has 0 bridgehead atoms. The first-order valence-corrected chi connectivity index (χ1v) is 11.1. The van der Waals surface area contributed by atoms with Crippen molar-refractivity contribution in [2.75, 3.05) is 17.2 Å². The van der Waals surface area contributed by atoms with Gasteiger partial charge in [0.1, 0.15) is 11.6 Å². The Morgan fingerprint density at radius 2 is 1.88 bits per heavy atom. The van der Waals surface area contributed by atoms with Crippen molar-refractivity contribution in [1.29, 1.82) is 0 Å². The Morgan fingerprint density at radius 1 is 1.21 bits per heavy atom. The average molecular weight is 469 g/mol. The van der Waals surface area contributed by atoms with Gasteiger partial charge in [-0.2, -0.15) is 5.10 Å². The van der Waals surface area contributed by atoms with Gasteiger partial charge in [-0.3, -0.25) is 19.1 Å². The molecule has 3 aromatic rings. The zero-order valence-electron chi connectivity index (χ0n) is 19.8. The smallest absolute Gasteiger partial charge is 0.330 e. The van der Waals surface area contributed by atoms with Crippen LogP contribution in [0.25, 0.3) is 11.8 Å². The highest BCUT2D eigenvalue weighted by atomic mass is 19.1. The number of likely N-dealkylation sites (N-methyl/N-ethyl adjacent to an activating group) is 1. The molecule has 180 valence electrons. The third-order valence-electron chi connectivity index (χ3n) is 5.61. The minimum absolute atomic E-state index is 0.0395. The molecule has 1 amide bonds. The Bertz CT molecular complexity index is 1330. The first kappa shape index (κ1) is 24.7. The molecule has 9 nitrogen and oxygen atoms in total. The van der Waals surface area contributed by atoms with Gasteiger partial charge in [-0.15, -0.1) is 0 Å². The van der Waals surface area contributed by atoms with E-state index in [0.717, 1.165) is 17.7 Å². The SMILES string of the molecule is CCCCn1c(N)c(N(CC)C(=O)/C=C/c2c(C)nn(-c3ccc(F)cc3)c2C)c(=O)[nH]c1=O. The van der Waals surface area contributed by atoms with E-state index in [9.17, 15) is 18.8 Å². The van der Waals surface area contributed by atoms with Gasteiger partial charge in [0.15, 0.2) is 5.69 Å². The number of hydrogen-bond donors (Lipinski definition) is 2. The first-order valence-electron chi connectivity index (χ1n) is 11.1. The molecule has 0 aliphatic heterocycles. The van der Waals surface area contributed by atoms with Crippen LogP contribution < -0.4 is 21.9 Å². The number of nitrogens with one attached hydrogen (secondary N) is 1. The van der Waals surface area contributed by atoms with Gasteiger partial charge >= 0.3 is 5.69 Å². The number of carbonyl (C=O) groups is 1. The number of aromatic nitrogens is 4. The van der Waals surface area contributed by atoms with Crippen molar-refractivity contribution in [2.24, 2.45) is 0 Å². The normalized spacial score (nSPS) is 11.3. The van der Waals surface area contributed by atoms with E-state index in [1.54, 1.807) is 36.7 Å². The van der Waals surface area contributed by atoms with Crippen molar-refractivity contribution >= 4 is 23.5 Å². The van der Waals surface area contributed by atoms with Crippen molar-refractivity contribution in [3.05, 3.63) is 73.9 Å². The minimum Gasteiger partial charge on any atom is -0.383 e. The number of halogens is 1. The standard InChI is InChI=1S/C24H29FN6O3/c1-5-7-14-30-22(26)21(23(33)27-24(30)34)29(6-2)20(32)13-12-19-15(3)28-31(16(19)4)18-10-8-17(25)9-11-18/h8-13H,5-7,14,26H2,1-4H3,(H,27,33,34)/b13-12+. The van der Waals surface area contributed by atoms with E-state index in [0.29, 0.717) is 24.3 Å². The molecule has 0 atom stereocenters. The quantitative estimate of drug-likeness (QED) is 0.493. The second-order valence-corrected chi connectivity index (χ2v) is 7.89. The van der Waals surface area contributed by atoms with Crippen LogP contribution in [0.1, 0.15) is 43.6 Å². The van der Waals surface area contributed by atoms with Crippen molar-refractivity contribution in [3.8, 4) is 5.69 Å². The van der Waals surface area contributed by atoms with Crippen LogP contribution in [0.4, 0.5) is 15.9 Å². The Morgan fingerprint density at radius 3 is 2.50 bits per heavy atom. The largest absolute Gasteiger partial charge is 0.383 e. The molecule has 34 heavy (non-hydrogen) atoms. The Hall–Kier alpha value is -3.95. The fourth-order valence-corrected chi connectivity index (χ4v) is 3.77. The molecule has 0 saturated carbocycles. The van der Waals surface area contributed by atoms with Crippen molar-refractivity contribution in [3.63, 3.8) is 0 Å². The van der Waals surface area contributed by atoms with Gasteiger partial charge in [0.25, 0.3) is 11.5 Å². The number of aryl methyl sites for hydroxylation is 1. The van der Waals surface area contributed by atoms with Crippen LogP contribution in [0, 0.1) is 19.7 Å². The van der Waals surface area contributed by atoms with Gasteiger partial charge in [-0.25, -0.2) is 13.9 Å². The molecular formula is C24H29FN6O3. The predicted octanol–water partition coefficient (Wildman–Crippen LogP) is 2.93. The number of benzene rings is 1. The molecule has 0 spiro atoms. The third-order valence-corrected chi connectivity index (χ3v) is 5.61. The number of nitrogens with two attached hydrogens (primary N) is 1. The van der Waals surface area contributed by atoms with Crippen LogP contribution in [0.15, 0.2) is 39.9 Å². The molecule has 0 aliphatic rings. The average Bonchev–Trinajstić information content (AvgIpc) is 3.08. The lowest BCUT2D eigenvalue weighted by Gasteiger charge is -2.21. The number of anilines is 2. The summed E-state index contributed by atoms with van der Waals surface area (Å²) in [5.74, 6) is -0.845. The maximum atomic E-state index is 13.3. The Labute approximate surface area is 196 Å². The van der Waals surface area contributed by atoms with E-state index in [2.05, 4.69) is 10.1 Å². The van der Waals surface area contributed by atoms with E-state index in [1.165, 1.54) is 27.7 Å². The summed E-state index contributed by atoms with van der Waals surface area (Å²) in [5, 5.41) is 4.49. The zero-order chi connectivity index (χ0) is 25.0. The summed E-state index contributed by atoms with van der Waals surface area (Å²) < 4.78 is 16.2. The zero-order valence-corrected chi connectivity index (χ0v) is 19.8. The molecule has 0 radical (unpaired) electrons. The van der Waals surface area contributed by atoms with Gasteiger partial charge in [0, 0.05) is 30.4 Å². The molecule has 0 unspecified atom stereocenters. The Kier molecular flexibility index (Phi) is 7.50. The van der Waals surface area contributed by atoms with E-state index < -0.39 is 17.2 Å². The van der Waals surface area contributed by atoms with E-state index in [4.69, 9.17) is 5.73 Å². The number of unbranched alkanes of at least 4 members (excludes halogenated alkanes) is 1. The van der Waals surface area contributed by atoms with Crippen LogP contribution in [0.2, 0.25) is 0 Å². The summed E-state index contributed by atoms with van der Waals surface area (Å²) in [5.41, 5.74) is 7.66. The van der Waals surface area contributed by atoms with Crippen molar-refractivity contribution in [1.82, 2.24) is 19.3 Å². The lowest BCUT2D eigenvalue weighted by atomic mass is 10.1. The molecule has 0 fully saturated rings. The third kappa shape index (κ3) is 4.85. The van der Waals surface area contributed by atoms with Gasteiger partial charge in [0.05, 0.1) is 11.4 Å². The van der Waals surface area contributed by atoms with E-state index in [-0.39, 0.29) is 23.9 Å². The summed E-state index contributed by atoms with van der Waals surface area (Å²) in [6.07, 6.45) is 4.51. The fourth-order valence-electron chi connectivity index (χ4n) is 3.77. The summed E-state index contributed by atoms with van der Waals surface area (Å²) >= 11 is 0. The first-order chi connectivity index (χ1) is 16.2. The number of H-pyrrole nitrogens is 1. The number of nitrogens with zero attached hydrogens (tertiary/aromatic N) is 4. The summed E-state index contributed by atoms with van der Waals surface area (Å²) in [4.78, 5) is 41.3. The number of carbonyl (C=O) groups excluding carboxylic acids is 1. The maximum Gasteiger partial charge on any atom is 0.330 e. The van der Waals surface area contributed by atoms with Crippen molar-refractivity contribution < 1.29 is 9.18 Å². The van der Waals surface area contributed by atoms with Gasteiger partial charge < -0.3 is 10.6 Å². The highest BCUT2D eigenvalue weighted by molar-refractivity contribution is 6.05. The van der Waals surface area contributed by atoms with Gasteiger partial charge in [-0.1, -0.05) is 13.3 Å². The molecule has 2 aromatic heterocycles. The number of amides is 1. The number of nitrogen functional groups attached to an aromatic ring is 1. The molecule has 3 rings (SSSR count).